The highest BCUT2D eigenvalue weighted by atomic mass is 16.4. The van der Waals surface area contributed by atoms with E-state index in [0.29, 0.717) is 6.54 Å². The molecule has 0 aromatic rings. The van der Waals surface area contributed by atoms with Gasteiger partial charge in [0.05, 0.1) is 0 Å². The average Bonchev–Trinajstić information content (AvgIpc) is 1.98. The molecule has 0 saturated heterocycles. The molecule has 0 aliphatic carbocycles. The molecule has 4 heteroatoms. The lowest BCUT2D eigenvalue weighted by Crippen LogP contribution is -2.37. The third-order valence-electron chi connectivity index (χ3n) is 1.61. The molecule has 0 amide bonds. The number of carboxylic acids is 1. The number of carboxylic acid groups (broad SMARTS) is 1. The zero-order valence-corrected chi connectivity index (χ0v) is 8.50. The van der Waals surface area contributed by atoms with Crippen molar-refractivity contribution < 1.29 is 9.90 Å². The minimum atomic E-state index is -0.940. The van der Waals surface area contributed by atoms with Crippen molar-refractivity contribution in [3.8, 4) is 0 Å². The highest BCUT2D eigenvalue weighted by molar-refractivity contribution is 5.86. The van der Waals surface area contributed by atoms with E-state index in [-0.39, 0.29) is 11.6 Å². The predicted octanol–water partition coefficient (Wildman–Crippen LogP) is 0.167. The molecule has 0 aliphatic rings. The van der Waals surface area contributed by atoms with Crippen LogP contribution in [-0.4, -0.2) is 49.2 Å². The summed E-state index contributed by atoms with van der Waals surface area (Å²) >= 11 is 0. The Balaban J connectivity index is 3.64. The second-order valence-corrected chi connectivity index (χ2v) is 3.45. The summed E-state index contributed by atoms with van der Waals surface area (Å²) in [6.45, 7) is 6.66. The zero-order valence-electron chi connectivity index (χ0n) is 8.50. The smallest absolute Gasteiger partial charge is 0.332 e. The molecule has 76 valence electrons. The van der Waals surface area contributed by atoms with Crippen molar-refractivity contribution in [2.24, 2.45) is 0 Å². The Kier molecular flexibility index (Phi) is 5.34. The highest BCUT2D eigenvalue weighted by Gasteiger charge is 2.06. The van der Waals surface area contributed by atoms with E-state index in [1.54, 1.807) is 0 Å². The highest BCUT2D eigenvalue weighted by Crippen LogP contribution is 1.90. The van der Waals surface area contributed by atoms with E-state index in [1.807, 2.05) is 25.9 Å². The number of nitrogens with zero attached hydrogens (tertiary/aromatic N) is 1. The lowest BCUT2D eigenvalue weighted by molar-refractivity contribution is -0.132. The summed E-state index contributed by atoms with van der Waals surface area (Å²) in [6, 6.07) is 0.270. The van der Waals surface area contributed by atoms with Crippen LogP contribution >= 0.6 is 0 Å². The van der Waals surface area contributed by atoms with Gasteiger partial charge in [0.2, 0.25) is 0 Å². The Morgan fingerprint density at radius 1 is 1.62 bits per heavy atom. The number of likely N-dealkylation sites (N-methyl/N-ethyl adjacent to an activating group) is 1. The maximum Gasteiger partial charge on any atom is 0.332 e. The summed E-state index contributed by atoms with van der Waals surface area (Å²) in [6.07, 6.45) is 0. The van der Waals surface area contributed by atoms with Crippen LogP contribution in [0.4, 0.5) is 0 Å². The molecule has 0 bridgehead atoms. The normalized spacial score (nSPS) is 12.9. The molecule has 1 atom stereocenters. The Bertz CT molecular complexity index is 190. The molecular formula is C9H18N2O2. The third-order valence-corrected chi connectivity index (χ3v) is 1.61. The van der Waals surface area contributed by atoms with Crippen molar-refractivity contribution in [1.82, 2.24) is 10.2 Å². The quantitative estimate of drug-likeness (QED) is 0.580. The van der Waals surface area contributed by atoms with Gasteiger partial charge >= 0.3 is 5.97 Å². The Hall–Kier alpha value is -0.870. The second kappa shape index (κ2) is 5.72. The van der Waals surface area contributed by atoms with Crippen LogP contribution in [-0.2, 0) is 4.79 Å². The van der Waals surface area contributed by atoms with Gasteiger partial charge in [-0.25, -0.2) is 4.79 Å². The van der Waals surface area contributed by atoms with Gasteiger partial charge in [-0.05, 0) is 21.0 Å². The maximum atomic E-state index is 10.4. The van der Waals surface area contributed by atoms with Gasteiger partial charge in [-0.1, -0.05) is 6.58 Å². The van der Waals surface area contributed by atoms with Crippen molar-refractivity contribution in [2.75, 3.05) is 27.2 Å². The molecule has 0 aromatic heterocycles. The second-order valence-electron chi connectivity index (χ2n) is 3.45. The first kappa shape index (κ1) is 12.1. The summed E-state index contributed by atoms with van der Waals surface area (Å²) in [7, 11) is 3.95. The van der Waals surface area contributed by atoms with Crippen molar-refractivity contribution in [3.63, 3.8) is 0 Å². The van der Waals surface area contributed by atoms with E-state index < -0.39 is 5.97 Å². The fraction of sp³-hybridized carbons (Fsp3) is 0.667. The van der Waals surface area contributed by atoms with E-state index in [4.69, 9.17) is 5.11 Å². The van der Waals surface area contributed by atoms with Crippen LogP contribution < -0.4 is 5.32 Å². The lowest BCUT2D eigenvalue weighted by Gasteiger charge is -2.18. The van der Waals surface area contributed by atoms with Gasteiger partial charge in [0.1, 0.15) is 0 Å². The van der Waals surface area contributed by atoms with Crippen LogP contribution in [0, 0.1) is 0 Å². The number of aliphatic carboxylic acids is 1. The summed E-state index contributed by atoms with van der Waals surface area (Å²) < 4.78 is 0. The van der Waals surface area contributed by atoms with Crippen molar-refractivity contribution in [3.05, 3.63) is 12.2 Å². The molecule has 0 aromatic carbocycles. The summed E-state index contributed by atoms with van der Waals surface area (Å²) in [5, 5.41) is 11.6. The lowest BCUT2D eigenvalue weighted by atomic mass is 10.2. The number of hydrogen-bond acceptors (Lipinski definition) is 3. The van der Waals surface area contributed by atoms with E-state index in [9.17, 15) is 4.79 Å². The van der Waals surface area contributed by atoms with E-state index in [2.05, 4.69) is 11.9 Å². The molecular weight excluding hydrogens is 168 g/mol. The molecule has 2 N–H and O–H groups in total. The van der Waals surface area contributed by atoms with E-state index in [1.165, 1.54) is 0 Å². The predicted molar refractivity (Wildman–Crippen MR) is 52.8 cm³/mol. The molecule has 0 aliphatic heterocycles. The van der Waals surface area contributed by atoms with Gasteiger partial charge in [0, 0.05) is 24.7 Å². The van der Waals surface area contributed by atoms with Crippen LogP contribution in [0.1, 0.15) is 6.92 Å². The van der Waals surface area contributed by atoms with Gasteiger partial charge in [0.25, 0.3) is 0 Å². The molecule has 0 spiro atoms. The van der Waals surface area contributed by atoms with Crippen LogP contribution in [0.25, 0.3) is 0 Å². The zero-order chi connectivity index (χ0) is 10.4. The van der Waals surface area contributed by atoms with Gasteiger partial charge in [-0.3, -0.25) is 0 Å². The first-order valence-corrected chi connectivity index (χ1v) is 4.22. The molecule has 4 nitrogen and oxygen atoms in total. The number of nitrogens with one attached hydrogen (secondary N) is 1. The summed E-state index contributed by atoms with van der Waals surface area (Å²) in [5.74, 6) is -0.940. The average molecular weight is 186 g/mol. The Labute approximate surface area is 79.2 Å². The van der Waals surface area contributed by atoms with Crippen molar-refractivity contribution >= 4 is 5.97 Å². The molecule has 0 radical (unpaired) electrons. The standard InChI is InChI=1S/C9H18N2O2/c1-7(9(12)13)5-10-8(2)6-11(3)4/h8,10H,1,5-6H2,2-4H3,(H,12,13). The third kappa shape index (κ3) is 6.31. The van der Waals surface area contributed by atoms with Crippen LogP contribution in [0.5, 0.6) is 0 Å². The van der Waals surface area contributed by atoms with Crippen LogP contribution in [0.3, 0.4) is 0 Å². The molecule has 0 rings (SSSR count). The van der Waals surface area contributed by atoms with E-state index >= 15 is 0 Å². The minimum Gasteiger partial charge on any atom is -0.478 e. The minimum absolute atomic E-state index is 0.200. The number of carbonyl (C=O) groups is 1. The fourth-order valence-corrected chi connectivity index (χ4v) is 0.985. The summed E-state index contributed by atoms with van der Waals surface area (Å²) in [5.41, 5.74) is 0.200. The van der Waals surface area contributed by atoms with Crippen molar-refractivity contribution in [2.45, 2.75) is 13.0 Å². The van der Waals surface area contributed by atoms with Crippen LogP contribution in [0.2, 0.25) is 0 Å². The topological polar surface area (TPSA) is 52.6 Å². The Morgan fingerprint density at radius 2 is 2.15 bits per heavy atom. The maximum absolute atomic E-state index is 10.4. The van der Waals surface area contributed by atoms with E-state index in [0.717, 1.165) is 6.54 Å². The molecule has 13 heavy (non-hydrogen) atoms. The van der Waals surface area contributed by atoms with Crippen molar-refractivity contribution in [1.29, 1.82) is 0 Å². The largest absolute Gasteiger partial charge is 0.478 e. The molecule has 0 fully saturated rings. The number of rotatable bonds is 6. The van der Waals surface area contributed by atoms with Gasteiger partial charge < -0.3 is 15.3 Å². The fourth-order valence-electron chi connectivity index (χ4n) is 0.985. The van der Waals surface area contributed by atoms with Crippen LogP contribution in [0.15, 0.2) is 12.2 Å². The molecule has 0 saturated carbocycles. The Morgan fingerprint density at radius 3 is 2.54 bits per heavy atom. The number of hydrogen-bond donors (Lipinski definition) is 2. The monoisotopic (exact) mass is 186 g/mol. The molecule has 1 unspecified atom stereocenters. The van der Waals surface area contributed by atoms with Gasteiger partial charge in [-0.15, -0.1) is 0 Å². The van der Waals surface area contributed by atoms with Gasteiger partial charge in [-0.2, -0.15) is 0 Å². The summed E-state index contributed by atoms with van der Waals surface area (Å²) in [4.78, 5) is 12.4. The molecule has 0 heterocycles. The first-order valence-electron chi connectivity index (χ1n) is 4.22. The SMILES string of the molecule is C=C(CNC(C)CN(C)C)C(=O)O. The first-order chi connectivity index (χ1) is 5.93. The van der Waals surface area contributed by atoms with Gasteiger partial charge in [0.15, 0.2) is 0 Å².